The number of rotatable bonds is 4. The van der Waals surface area contributed by atoms with Crippen molar-refractivity contribution >= 4 is 0 Å². The third-order valence-corrected chi connectivity index (χ3v) is 2.75. The van der Waals surface area contributed by atoms with Crippen molar-refractivity contribution in [3.05, 3.63) is 53.6 Å². The Morgan fingerprint density at radius 3 is 2.62 bits per heavy atom. The molecule has 0 radical (unpaired) electrons. The fraction of sp³-hybridized carbons (Fsp3) is 0.308. The first-order chi connectivity index (χ1) is 7.81. The molecule has 0 saturated carbocycles. The summed E-state index contributed by atoms with van der Waals surface area (Å²) in [5.41, 5.74) is 2.69. The van der Waals surface area contributed by atoms with Crippen LogP contribution in [0.5, 0.6) is 0 Å². The minimum absolute atomic E-state index is 0.893. The van der Waals surface area contributed by atoms with E-state index in [1.165, 1.54) is 11.1 Å². The summed E-state index contributed by atoms with van der Waals surface area (Å²) in [6.07, 6.45) is 3.86. The van der Waals surface area contributed by atoms with Gasteiger partial charge in [-0.15, -0.1) is 0 Å². The predicted octanol–water partition coefficient (Wildman–Crippen LogP) is 1.96. The molecule has 2 aromatic rings. The molecule has 0 bridgehead atoms. The summed E-state index contributed by atoms with van der Waals surface area (Å²) in [4.78, 5) is 4.24. The third kappa shape index (κ3) is 2.31. The van der Waals surface area contributed by atoms with E-state index in [1.807, 2.05) is 26.4 Å². The van der Waals surface area contributed by atoms with Gasteiger partial charge in [0, 0.05) is 25.5 Å². The van der Waals surface area contributed by atoms with Crippen LogP contribution in [0.3, 0.4) is 0 Å². The Bertz CT molecular complexity index is 460. The van der Waals surface area contributed by atoms with Crippen LogP contribution in [-0.2, 0) is 13.1 Å². The normalized spacial score (nSPS) is 10.6. The fourth-order valence-corrected chi connectivity index (χ4v) is 1.83. The standard InChI is InChI=1S/C13H17N3/c1-11-15-7-8-16(11)10-13-6-4-3-5-12(13)9-14-2/h3-8,14H,9-10H2,1-2H3. The Labute approximate surface area is 96.1 Å². The number of aromatic nitrogens is 2. The Morgan fingerprint density at radius 2 is 2.00 bits per heavy atom. The second-order valence-corrected chi connectivity index (χ2v) is 3.90. The van der Waals surface area contributed by atoms with Crippen LogP contribution in [0.25, 0.3) is 0 Å². The summed E-state index contributed by atoms with van der Waals surface area (Å²) in [6, 6.07) is 8.50. The van der Waals surface area contributed by atoms with E-state index in [2.05, 4.69) is 39.1 Å². The molecule has 1 N–H and O–H groups in total. The summed E-state index contributed by atoms with van der Waals surface area (Å²) in [7, 11) is 1.97. The van der Waals surface area contributed by atoms with Crippen molar-refractivity contribution in [1.29, 1.82) is 0 Å². The van der Waals surface area contributed by atoms with Gasteiger partial charge in [0.25, 0.3) is 0 Å². The smallest absolute Gasteiger partial charge is 0.105 e. The van der Waals surface area contributed by atoms with Gasteiger partial charge in [-0.05, 0) is 25.1 Å². The van der Waals surface area contributed by atoms with Crippen LogP contribution in [0.15, 0.2) is 36.7 Å². The molecule has 0 aliphatic rings. The van der Waals surface area contributed by atoms with Crippen LogP contribution in [0, 0.1) is 6.92 Å². The highest BCUT2D eigenvalue weighted by molar-refractivity contribution is 5.27. The molecular formula is C13H17N3. The monoisotopic (exact) mass is 215 g/mol. The lowest BCUT2D eigenvalue weighted by molar-refractivity contribution is 0.736. The molecule has 0 amide bonds. The first-order valence-electron chi connectivity index (χ1n) is 5.50. The van der Waals surface area contributed by atoms with Gasteiger partial charge < -0.3 is 9.88 Å². The average molecular weight is 215 g/mol. The van der Waals surface area contributed by atoms with Crippen LogP contribution in [0.4, 0.5) is 0 Å². The molecule has 16 heavy (non-hydrogen) atoms. The number of benzene rings is 1. The quantitative estimate of drug-likeness (QED) is 0.845. The number of nitrogens with zero attached hydrogens (tertiary/aromatic N) is 2. The first-order valence-corrected chi connectivity index (χ1v) is 5.50. The lowest BCUT2D eigenvalue weighted by atomic mass is 10.1. The largest absolute Gasteiger partial charge is 0.331 e. The molecule has 0 spiro atoms. The van der Waals surface area contributed by atoms with E-state index in [0.29, 0.717) is 0 Å². The molecule has 0 atom stereocenters. The SMILES string of the molecule is CNCc1ccccc1Cn1ccnc1C. The minimum Gasteiger partial charge on any atom is -0.331 e. The fourth-order valence-electron chi connectivity index (χ4n) is 1.83. The highest BCUT2D eigenvalue weighted by atomic mass is 15.0. The molecule has 3 nitrogen and oxygen atoms in total. The Balaban J connectivity index is 2.24. The van der Waals surface area contributed by atoms with Crippen LogP contribution in [0.2, 0.25) is 0 Å². The van der Waals surface area contributed by atoms with Gasteiger partial charge in [0.1, 0.15) is 5.82 Å². The van der Waals surface area contributed by atoms with Crippen molar-refractivity contribution in [3.63, 3.8) is 0 Å². The van der Waals surface area contributed by atoms with E-state index in [1.54, 1.807) is 0 Å². The number of imidazole rings is 1. The van der Waals surface area contributed by atoms with Crippen molar-refractivity contribution in [2.45, 2.75) is 20.0 Å². The molecule has 3 heteroatoms. The van der Waals surface area contributed by atoms with Gasteiger partial charge in [-0.3, -0.25) is 0 Å². The number of hydrogen-bond acceptors (Lipinski definition) is 2. The maximum atomic E-state index is 4.24. The average Bonchev–Trinajstić information content (AvgIpc) is 2.68. The van der Waals surface area contributed by atoms with E-state index in [0.717, 1.165) is 18.9 Å². The van der Waals surface area contributed by atoms with Crippen LogP contribution in [-0.4, -0.2) is 16.6 Å². The predicted molar refractivity (Wildman–Crippen MR) is 65.3 cm³/mol. The van der Waals surface area contributed by atoms with Gasteiger partial charge in [0.15, 0.2) is 0 Å². The van der Waals surface area contributed by atoms with Gasteiger partial charge in [-0.2, -0.15) is 0 Å². The summed E-state index contributed by atoms with van der Waals surface area (Å²) in [5.74, 6) is 1.05. The van der Waals surface area contributed by atoms with Gasteiger partial charge in [0.05, 0.1) is 0 Å². The van der Waals surface area contributed by atoms with Gasteiger partial charge in [-0.25, -0.2) is 4.98 Å². The molecule has 1 aromatic carbocycles. The number of hydrogen-bond donors (Lipinski definition) is 1. The number of nitrogens with one attached hydrogen (secondary N) is 1. The summed E-state index contributed by atoms with van der Waals surface area (Å²) >= 11 is 0. The van der Waals surface area contributed by atoms with E-state index < -0.39 is 0 Å². The molecule has 2 rings (SSSR count). The van der Waals surface area contributed by atoms with Crippen molar-refractivity contribution < 1.29 is 0 Å². The molecule has 84 valence electrons. The highest BCUT2D eigenvalue weighted by Crippen LogP contribution is 2.11. The summed E-state index contributed by atoms with van der Waals surface area (Å²) in [6.45, 7) is 3.83. The summed E-state index contributed by atoms with van der Waals surface area (Å²) < 4.78 is 2.16. The zero-order chi connectivity index (χ0) is 11.4. The van der Waals surface area contributed by atoms with E-state index in [9.17, 15) is 0 Å². The Kier molecular flexibility index (Phi) is 3.37. The zero-order valence-electron chi connectivity index (χ0n) is 9.77. The molecule has 0 aliphatic carbocycles. The first kappa shape index (κ1) is 10.9. The van der Waals surface area contributed by atoms with Gasteiger partial charge >= 0.3 is 0 Å². The van der Waals surface area contributed by atoms with Gasteiger partial charge in [0.2, 0.25) is 0 Å². The zero-order valence-corrected chi connectivity index (χ0v) is 9.77. The topological polar surface area (TPSA) is 29.9 Å². The van der Waals surface area contributed by atoms with Crippen molar-refractivity contribution in [1.82, 2.24) is 14.9 Å². The lowest BCUT2D eigenvalue weighted by Crippen LogP contribution is -2.10. The molecule has 0 aliphatic heterocycles. The van der Waals surface area contributed by atoms with Crippen molar-refractivity contribution in [2.75, 3.05) is 7.05 Å². The van der Waals surface area contributed by atoms with E-state index in [-0.39, 0.29) is 0 Å². The molecule has 0 saturated heterocycles. The maximum Gasteiger partial charge on any atom is 0.105 e. The minimum atomic E-state index is 0.893. The highest BCUT2D eigenvalue weighted by Gasteiger charge is 2.03. The van der Waals surface area contributed by atoms with Crippen LogP contribution in [0.1, 0.15) is 17.0 Å². The summed E-state index contributed by atoms with van der Waals surface area (Å²) in [5, 5.41) is 3.19. The molecular weight excluding hydrogens is 198 g/mol. The third-order valence-electron chi connectivity index (χ3n) is 2.75. The Hall–Kier alpha value is -1.61. The van der Waals surface area contributed by atoms with Crippen molar-refractivity contribution in [2.24, 2.45) is 0 Å². The van der Waals surface area contributed by atoms with Crippen LogP contribution < -0.4 is 5.32 Å². The Morgan fingerprint density at radius 1 is 1.25 bits per heavy atom. The van der Waals surface area contributed by atoms with E-state index in [4.69, 9.17) is 0 Å². The van der Waals surface area contributed by atoms with Crippen molar-refractivity contribution in [3.8, 4) is 0 Å². The van der Waals surface area contributed by atoms with E-state index >= 15 is 0 Å². The van der Waals surface area contributed by atoms with Crippen LogP contribution >= 0.6 is 0 Å². The molecule has 1 aromatic heterocycles. The lowest BCUT2D eigenvalue weighted by Gasteiger charge is -2.10. The van der Waals surface area contributed by atoms with Gasteiger partial charge in [-0.1, -0.05) is 24.3 Å². The maximum absolute atomic E-state index is 4.24. The second-order valence-electron chi connectivity index (χ2n) is 3.90. The molecule has 0 fully saturated rings. The second kappa shape index (κ2) is 4.94. The molecule has 1 heterocycles. The number of aryl methyl sites for hydroxylation is 1. The molecule has 0 unspecified atom stereocenters.